The summed E-state index contributed by atoms with van der Waals surface area (Å²) in [6, 6.07) is 4.86. The van der Waals surface area contributed by atoms with Gasteiger partial charge < -0.3 is 4.42 Å². The van der Waals surface area contributed by atoms with Crippen molar-refractivity contribution in [3.05, 3.63) is 36.9 Å². The van der Waals surface area contributed by atoms with Crippen LogP contribution in [0.2, 0.25) is 0 Å². The number of aromatic nitrogens is 3. The van der Waals surface area contributed by atoms with Gasteiger partial charge >= 0.3 is 6.03 Å². The minimum Gasteiger partial charge on any atom is -0.472 e. The minimum atomic E-state index is -0.350. The largest absolute Gasteiger partial charge is 0.472 e. The number of nitrogens with one attached hydrogen (secondary N) is 1. The number of anilines is 1. The second-order valence-electron chi connectivity index (χ2n) is 4.45. The van der Waals surface area contributed by atoms with Crippen molar-refractivity contribution in [3.8, 4) is 11.3 Å². The number of furan rings is 1. The van der Waals surface area contributed by atoms with Crippen LogP contribution in [0.4, 0.5) is 10.6 Å². The third-order valence-corrected chi connectivity index (χ3v) is 3.46. The highest BCUT2D eigenvalue weighted by Gasteiger charge is 2.10. The van der Waals surface area contributed by atoms with Gasteiger partial charge in [-0.3, -0.25) is 14.6 Å². The Kier molecular flexibility index (Phi) is 3.92. The summed E-state index contributed by atoms with van der Waals surface area (Å²) in [6.45, 7) is 2.30. The van der Waals surface area contributed by atoms with Crippen LogP contribution in [-0.4, -0.2) is 31.8 Å². The van der Waals surface area contributed by atoms with Gasteiger partial charge in [-0.2, -0.15) is 0 Å². The first-order valence-corrected chi connectivity index (χ1v) is 7.01. The van der Waals surface area contributed by atoms with Gasteiger partial charge in [-0.1, -0.05) is 12.8 Å². The van der Waals surface area contributed by atoms with Crippen molar-refractivity contribution in [2.45, 2.75) is 6.92 Å². The van der Waals surface area contributed by atoms with E-state index >= 15 is 0 Å². The van der Waals surface area contributed by atoms with Crippen LogP contribution >= 0.6 is 12.8 Å². The van der Waals surface area contributed by atoms with Crippen molar-refractivity contribution in [2.75, 3.05) is 11.9 Å². The Balaban J connectivity index is 1.92. The SMILES string of the molecule is CCN(S)C(=O)Nc1ccc2ncc(-c3ccoc3)nc2n1. The number of carbonyl (C=O) groups is 1. The number of urea groups is 1. The van der Waals surface area contributed by atoms with Gasteiger partial charge in [-0.25, -0.2) is 14.8 Å². The molecule has 0 aromatic carbocycles. The number of pyridine rings is 1. The second kappa shape index (κ2) is 6.02. The molecule has 0 radical (unpaired) electrons. The van der Waals surface area contributed by atoms with Crippen LogP contribution in [0.25, 0.3) is 22.4 Å². The predicted molar refractivity (Wildman–Crippen MR) is 85.4 cm³/mol. The van der Waals surface area contributed by atoms with E-state index in [2.05, 4.69) is 33.1 Å². The van der Waals surface area contributed by atoms with Crippen LogP contribution in [0.5, 0.6) is 0 Å². The molecule has 0 spiro atoms. The third kappa shape index (κ3) is 2.86. The summed E-state index contributed by atoms with van der Waals surface area (Å²) in [4.78, 5) is 24.8. The maximum Gasteiger partial charge on any atom is 0.332 e. The zero-order valence-electron chi connectivity index (χ0n) is 11.7. The molecule has 2 amide bonds. The van der Waals surface area contributed by atoms with Gasteiger partial charge in [0.1, 0.15) is 11.3 Å². The van der Waals surface area contributed by atoms with Gasteiger partial charge in [-0.15, -0.1) is 0 Å². The maximum atomic E-state index is 11.8. The highest BCUT2D eigenvalue weighted by atomic mass is 32.1. The number of carbonyl (C=O) groups excluding carboxylic acids is 1. The summed E-state index contributed by atoms with van der Waals surface area (Å²) < 4.78 is 6.29. The predicted octanol–water partition coefficient (Wildman–Crippen LogP) is 2.98. The molecule has 0 aliphatic rings. The summed E-state index contributed by atoms with van der Waals surface area (Å²) in [5.41, 5.74) is 2.56. The molecular formula is C14H13N5O2S. The lowest BCUT2D eigenvalue weighted by molar-refractivity contribution is 0.240. The smallest absolute Gasteiger partial charge is 0.332 e. The summed E-state index contributed by atoms with van der Waals surface area (Å²) in [6.07, 6.45) is 4.80. The van der Waals surface area contributed by atoms with Crippen molar-refractivity contribution in [1.82, 2.24) is 19.3 Å². The Labute approximate surface area is 131 Å². The van der Waals surface area contributed by atoms with Crippen LogP contribution in [0.3, 0.4) is 0 Å². The number of hydrogen-bond donors (Lipinski definition) is 2. The van der Waals surface area contributed by atoms with E-state index in [9.17, 15) is 4.79 Å². The van der Waals surface area contributed by atoms with E-state index in [1.165, 1.54) is 4.31 Å². The van der Waals surface area contributed by atoms with Gasteiger partial charge in [0.15, 0.2) is 5.65 Å². The van der Waals surface area contributed by atoms with Gasteiger partial charge in [0.05, 0.1) is 24.4 Å². The van der Waals surface area contributed by atoms with Crippen LogP contribution in [0.1, 0.15) is 6.92 Å². The van der Waals surface area contributed by atoms with Crippen molar-refractivity contribution in [1.29, 1.82) is 0 Å². The topological polar surface area (TPSA) is 84.2 Å². The maximum absolute atomic E-state index is 11.8. The summed E-state index contributed by atoms with van der Waals surface area (Å²) in [5, 5.41) is 2.65. The standard InChI is InChI=1S/C14H13N5O2S/c1-2-19(22)14(20)18-12-4-3-10-13(17-12)16-11(7-15-10)9-5-6-21-8-9/h3-8,22H,2H2,1H3,(H,16,17,18,20). The van der Waals surface area contributed by atoms with Gasteiger partial charge in [0.2, 0.25) is 0 Å². The van der Waals surface area contributed by atoms with Crippen molar-refractivity contribution < 1.29 is 9.21 Å². The summed E-state index contributed by atoms with van der Waals surface area (Å²) in [5.74, 6) is 0.392. The molecule has 0 saturated carbocycles. The van der Waals surface area contributed by atoms with Crippen molar-refractivity contribution in [3.63, 3.8) is 0 Å². The van der Waals surface area contributed by atoms with E-state index in [-0.39, 0.29) is 6.03 Å². The summed E-state index contributed by atoms with van der Waals surface area (Å²) in [7, 11) is 0. The van der Waals surface area contributed by atoms with E-state index in [4.69, 9.17) is 4.42 Å². The fourth-order valence-electron chi connectivity index (χ4n) is 1.83. The second-order valence-corrected chi connectivity index (χ2v) is 4.94. The molecule has 0 bridgehead atoms. The molecule has 0 fully saturated rings. The number of fused-ring (bicyclic) bond motifs is 1. The Morgan fingerprint density at radius 3 is 2.95 bits per heavy atom. The zero-order valence-corrected chi connectivity index (χ0v) is 12.6. The molecule has 0 aliphatic carbocycles. The highest BCUT2D eigenvalue weighted by molar-refractivity contribution is 7.78. The molecule has 7 nitrogen and oxygen atoms in total. The van der Waals surface area contributed by atoms with Crippen molar-refractivity contribution >= 4 is 35.8 Å². The molecule has 3 aromatic heterocycles. The first kappa shape index (κ1) is 14.3. The number of thiol groups is 1. The van der Waals surface area contributed by atoms with E-state index in [1.807, 2.05) is 6.92 Å². The number of amides is 2. The van der Waals surface area contributed by atoms with Gasteiger partial charge in [-0.05, 0) is 25.1 Å². The quantitative estimate of drug-likeness (QED) is 0.726. The molecule has 0 unspecified atom stereocenters. The van der Waals surface area contributed by atoms with Gasteiger partial charge in [0.25, 0.3) is 0 Å². The van der Waals surface area contributed by atoms with Gasteiger partial charge in [0, 0.05) is 12.1 Å². The molecule has 1 N–H and O–H groups in total. The molecule has 0 saturated heterocycles. The summed E-state index contributed by atoms with van der Waals surface area (Å²) >= 11 is 4.04. The molecule has 3 heterocycles. The lowest BCUT2D eigenvalue weighted by Gasteiger charge is -2.13. The normalized spacial score (nSPS) is 10.6. The molecule has 3 rings (SSSR count). The number of rotatable bonds is 3. The Morgan fingerprint density at radius 2 is 2.23 bits per heavy atom. The van der Waals surface area contributed by atoms with Crippen LogP contribution in [0, 0.1) is 0 Å². The third-order valence-electron chi connectivity index (χ3n) is 2.99. The van der Waals surface area contributed by atoms with E-state index in [1.54, 1.807) is 36.9 Å². The first-order chi connectivity index (χ1) is 10.7. The van der Waals surface area contributed by atoms with Crippen molar-refractivity contribution in [2.24, 2.45) is 0 Å². The highest BCUT2D eigenvalue weighted by Crippen LogP contribution is 2.19. The fraction of sp³-hybridized carbons (Fsp3) is 0.143. The van der Waals surface area contributed by atoms with E-state index in [0.717, 1.165) is 5.56 Å². The van der Waals surface area contributed by atoms with E-state index < -0.39 is 0 Å². The lowest BCUT2D eigenvalue weighted by Crippen LogP contribution is -2.27. The molecule has 0 aliphatic heterocycles. The van der Waals surface area contributed by atoms with E-state index in [0.29, 0.717) is 29.2 Å². The molecule has 3 aromatic rings. The molecule has 0 atom stereocenters. The Bertz CT molecular complexity index is 806. The molecule has 112 valence electrons. The molecular weight excluding hydrogens is 302 g/mol. The van der Waals surface area contributed by atoms with Crippen LogP contribution in [0.15, 0.2) is 41.3 Å². The fourth-order valence-corrected chi connectivity index (χ4v) is 1.88. The first-order valence-electron chi connectivity index (χ1n) is 6.61. The van der Waals surface area contributed by atoms with Crippen LogP contribution < -0.4 is 5.32 Å². The Morgan fingerprint density at radius 1 is 1.36 bits per heavy atom. The average molecular weight is 315 g/mol. The minimum absolute atomic E-state index is 0.350. The number of nitrogens with zero attached hydrogens (tertiary/aromatic N) is 4. The average Bonchev–Trinajstić information content (AvgIpc) is 3.07. The molecule has 8 heteroatoms. The monoisotopic (exact) mass is 315 g/mol. The van der Waals surface area contributed by atoms with Crippen LogP contribution in [-0.2, 0) is 0 Å². The lowest BCUT2D eigenvalue weighted by atomic mass is 10.2. The zero-order chi connectivity index (χ0) is 15.5. The number of hydrogen-bond acceptors (Lipinski definition) is 6. The Hall–Kier alpha value is -2.61. The molecule has 22 heavy (non-hydrogen) atoms.